The number of benzene rings is 2. The third-order valence-corrected chi connectivity index (χ3v) is 4.54. The van der Waals surface area contributed by atoms with Crippen LogP contribution in [0.3, 0.4) is 0 Å². The first-order chi connectivity index (χ1) is 13.0. The molecule has 0 aromatic heterocycles. The minimum Gasteiger partial charge on any atom is -0.362 e. The van der Waals surface area contributed by atoms with Gasteiger partial charge in [0.25, 0.3) is 0 Å². The molecule has 4 N–H and O–H groups in total. The lowest BCUT2D eigenvalue weighted by Crippen LogP contribution is -2.30. The first-order valence-corrected chi connectivity index (χ1v) is 10.1. The number of unbranched alkanes of at least 4 members (excludes halogenated alkanes) is 2. The SMILES string of the molecule is Cc1ccc(NC(=S)NCCCCCNC(=S)Nc2ccc(C)cc2)cc1. The summed E-state index contributed by atoms with van der Waals surface area (Å²) in [5.41, 5.74) is 4.50. The monoisotopic (exact) mass is 400 g/mol. The second-order valence-corrected chi connectivity index (χ2v) is 7.37. The molecule has 0 aliphatic rings. The Hall–Kier alpha value is -2.18. The highest BCUT2D eigenvalue weighted by atomic mass is 32.1. The number of anilines is 2. The van der Waals surface area contributed by atoms with Crippen LogP contribution in [0.4, 0.5) is 11.4 Å². The first-order valence-electron chi connectivity index (χ1n) is 9.26. The third-order valence-electron chi connectivity index (χ3n) is 4.04. The van der Waals surface area contributed by atoms with Gasteiger partial charge < -0.3 is 21.3 Å². The van der Waals surface area contributed by atoms with Gasteiger partial charge in [0.05, 0.1) is 0 Å². The maximum Gasteiger partial charge on any atom is 0.170 e. The molecule has 0 bridgehead atoms. The van der Waals surface area contributed by atoms with Crippen molar-refractivity contribution in [1.82, 2.24) is 10.6 Å². The highest BCUT2D eigenvalue weighted by Gasteiger charge is 1.99. The van der Waals surface area contributed by atoms with Gasteiger partial charge in [0.15, 0.2) is 10.2 Å². The molecule has 4 nitrogen and oxygen atoms in total. The molecule has 27 heavy (non-hydrogen) atoms. The Bertz CT molecular complexity index is 663. The predicted octanol–water partition coefficient (Wildman–Crippen LogP) is 4.75. The summed E-state index contributed by atoms with van der Waals surface area (Å²) >= 11 is 10.6. The number of thiocarbonyl (C=S) groups is 2. The Balaban J connectivity index is 1.49. The molecule has 0 radical (unpaired) electrons. The Kier molecular flexibility index (Phi) is 9.01. The van der Waals surface area contributed by atoms with Crippen molar-refractivity contribution >= 4 is 46.0 Å². The topological polar surface area (TPSA) is 48.1 Å². The van der Waals surface area contributed by atoms with Crippen LogP contribution in [0.5, 0.6) is 0 Å². The predicted molar refractivity (Wildman–Crippen MR) is 125 cm³/mol. The fourth-order valence-corrected chi connectivity index (χ4v) is 2.89. The Morgan fingerprint density at radius 2 is 1.00 bits per heavy atom. The number of aryl methyl sites for hydroxylation is 2. The summed E-state index contributed by atoms with van der Waals surface area (Å²) in [6.07, 6.45) is 3.24. The lowest BCUT2D eigenvalue weighted by molar-refractivity contribution is 0.655. The Labute approximate surface area is 173 Å². The van der Waals surface area contributed by atoms with Crippen LogP contribution < -0.4 is 21.3 Å². The molecule has 0 saturated carbocycles. The van der Waals surface area contributed by atoms with Crippen molar-refractivity contribution in [2.24, 2.45) is 0 Å². The van der Waals surface area contributed by atoms with Crippen LogP contribution in [0.25, 0.3) is 0 Å². The minimum absolute atomic E-state index is 0.667. The zero-order valence-corrected chi connectivity index (χ0v) is 17.6. The van der Waals surface area contributed by atoms with Gasteiger partial charge in [-0.1, -0.05) is 35.4 Å². The molecule has 2 aromatic carbocycles. The Morgan fingerprint density at radius 3 is 1.37 bits per heavy atom. The molecule has 0 aliphatic carbocycles. The van der Waals surface area contributed by atoms with Crippen LogP contribution in [0, 0.1) is 13.8 Å². The lowest BCUT2D eigenvalue weighted by Gasteiger charge is -2.12. The molecule has 0 heterocycles. The van der Waals surface area contributed by atoms with Crippen LogP contribution in [-0.4, -0.2) is 23.3 Å². The van der Waals surface area contributed by atoms with Crippen LogP contribution >= 0.6 is 24.4 Å². The van der Waals surface area contributed by atoms with E-state index in [4.69, 9.17) is 24.4 Å². The summed E-state index contributed by atoms with van der Waals surface area (Å²) in [5, 5.41) is 14.2. The molecule has 0 unspecified atom stereocenters. The van der Waals surface area contributed by atoms with Crippen LogP contribution in [0.15, 0.2) is 48.5 Å². The molecule has 0 amide bonds. The molecule has 0 saturated heterocycles. The van der Waals surface area contributed by atoms with Gasteiger partial charge in [0.2, 0.25) is 0 Å². The van der Waals surface area contributed by atoms with E-state index in [0.29, 0.717) is 10.2 Å². The van der Waals surface area contributed by atoms with Gasteiger partial charge in [-0.2, -0.15) is 0 Å². The van der Waals surface area contributed by atoms with Crippen molar-refractivity contribution < 1.29 is 0 Å². The molecular weight excluding hydrogens is 372 g/mol. The molecule has 0 fully saturated rings. The molecular formula is C21H28N4S2. The van der Waals surface area contributed by atoms with Gasteiger partial charge in [-0.3, -0.25) is 0 Å². The molecule has 2 rings (SSSR count). The number of rotatable bonds is 8. The van der Waals surface area contributed by atoms with Crippen molar-refractivity contribution in [3.8, 4) is 0 Å². The van der Waals surface area contributed by atoms with Crippen molar-refractivity contribution in [2.45, 2.75) is 33.1 Å². The normalized spacial score (nSPS) is 10.1. The summed E-state index contributed by atoms with van der Waals surface area (Å²) in [4.78, 5) is 0. The van der Waals surface area contributed by atoms with Gasteiger partial charge in [-0.15, -0.1) is 0 Å². The zero-order valence-electron chi connectivity index (χ0n) is 16.0. The van der Waals surface area contributed by atoms with Crippen molar-refractivity contribution in [3.05, 3.63) is 59.7 Å². The van der Waals surface area contributed by atoms with E-state index in [0.717, 1.165) is 43.7 Å². The minimum atomic E-state index is 0.667. The first kappa shape index (κ1) is 21.1. The summed E-state index contributed by atoms with van der Waals surface area (Å²) < 4.78 is 0. The Morgan fingerprint density at radius 1 is 0.630 bits per heavy atom. The highest BCUT2D eigenvalue weighted by Crippen LogP contribution is 2.09. The second kappa shape index (κ2) is 11.5. The zero-order chi connectivity index (χ0) is 19.5. The third kappa shape index (κ3) is 8.84. The molecule has 0 aliphatic heterocycles. The van der Waals surface area contributed by atoms with E-state index < -0.39 is 0 Å². The van der Waals surface area contributed by atoms with E-state index >= 15 is 0 Å². The van der Waals surface area contributed by atoms with Gasteiger partial charge in [-0.05, 0) is 81.8 Å². The van der Waals surface area contributed by atoms with Gasteiger partial charge in [-0.25, -0.2) is 0 Å². The van der Waals surface area contributed by atoms with Crippen molar-refractivity contribution in [1.29, 1.82) is 0 Å². The maximum atomic E-state index is 5.31. The average Bonchev–Trinajstić information content (AvgIpc) is 2.65. The number of hydrogen-bond acceptors (Lipinski definition) is 2. The van der Waals surface area contributed by atoms with Crippen LogP contribution in [0.2, 0.25) is 0 Å². The van der Waals surface area contributed by atoms with E-state index in [2.05, 4.69) is 59.4 Å². The summed E-state index contributed by atoms with van der Waals surface area (Å²) in [6.45, 7) is 5.87. The number of nitrogens with one attached hydrogen (secondary N) is 4. The average molecular weight is 401 g/mol. The van der Waals surface area contributed by atoms with Gasteiger partial charge in [0.1, 0.15) is 0 Å². The largest absolute Gasteiger partial charge is 0.362 e. The maximum absolute atomic E-state index is 5.31. The van der Waals surface area contributed by atoms with Gasteiger partial charge >= 0.3 is 0 Å². The standard InChI is InChI=1S/C21H28N4S2/c1-16-6-10-18(11-7-16)24-20(26)22-14-4-3-5-15-23-21(27)25-19-12-8-17(2)9-13-19/h6-13H,3-5,14-15H2,1-2H3,(H2,22,24,26)(H2,23,25,27). The van der Waals surface area contributed by atoms with E-state index in [9.17, 15) is 0 Å². The van der Waals surface area contributed by atoms with Gasteiger partial charge in [0, 0.05) is 24.5 Å². The van der Waals surface area contributed by atoms with E-state index in [1.807, 2.05) is 24.3 Å². The second-order valence-electron chi connectivity index (χ2n) is 6.55. The van der Waals surface area contributed by atoms with Crippen LogP contribution in [0.1, 0.15) is 30.4 Å². The fraction of sp³-hybridized carbons (Fsp3) is 0.333. The summed E-state index contributed by atoms with van der Waals surface area (Å²) in [5.74, 6) is 0. The highest BCUT2D eigenvalue weighted by molar-refractivity contribution is 7.80. The summed E-state index contributed by atoms with van der Waals surface area (Å²) in [7, 11) is 0. The lowest BCUT2D eigenvalue weighted by atomic mass is 10.2. The fourth-order valence-electron chi connectivity index (χ4n) is 2.45. The summed E-state index contributed by atoms with van der Waals surface area (Å²) in [6, 6.07) is 16.4. The van der Waals surface area contributed by atoms with Crippen LogP contribution in [-0.2, 0) is 0 Å². The van der Waals surface area contributed by atoms with Crippen molar-refractivity contribution in [2.75, 3.05) is 23.7 Å². The van der Waals surface area contributed by atoms with E-state index in [-0.39, 0.29) is 0 Å². The smallest absolute Gasteiger partial charge is 0.170 e. The van der Waals surface area contributed by atoms with E-state index in [1.165, 1.54) is 11.1 Å². The molecule has 0 atom stereocenters. The molecule has 2 aromatic rings. The quantitative estimate of drug-likeness (QED) is 0.379. The molecule has 0 spiro atoms. The van der Waals surface area contributed by atoms with E-state index in [1.54, 1.807) is 0 Å². The molecule has 6 heteroatoms. The van der Waals surface area contributed by atoms with Crippen molar-refractivity contribution in [3.63, 3.8) is 0 Å². The number of hydrogen-bond donors (Lipinski definition) is 4. The molecule has 144 valence electrons.